The molecule has 2 heterocycles. The summed E-state index contributed by atoms with van der Waals surface area (Å²) in [7, 11) is 0. The summed E-state index contributed by atoms with van der Waals surface area (Å²) < 4.78 is 11.0. The maximum absolute atomic E-state index is 12.5. The first-order valence-electron chi connectivity index (χ1n) is 9.14. The van der Waals surface area contributed by atoms with Crippen molar-refractivity contribution in [2.24, 2.45) is 0 Å². The number of carbonyl (C=O) groups is 1. The van der Waals surface area contributed by atoms with Crippen LogP contribution in [0, 0.1) is 0 Å². The van der Waals surface area contributed by atoms with Crippen LogP contribution in [0.3, 0.4) is 0 Å². The molecule has 0 bridgehead atoms. The largest absolute Gasteiger partial charge is 0.494 e. The third-order valence-electron chi connectivity index (χ3n) is 4.40. The SMILES string of the molecule is CCCOc1ccc(C(=O)NCC(c2cccs2)N2CCOCC2)cc1.Cl. The van der Waals surface area contributed by atoms with Gasteiger partial charge in [0.15, 0.2) is 0 Å². The highest BCUT2D eigenvalue weighted by Gasteiger charge is 2.24. The summed E-state index contributed by atoms with van der Waals surface area (Å²) in [5.74, 6) is 0.745. The molecule has 27 heavy (non-hydrogen) atoms. The van der Waals surface area contributed by atoms with Gasteiger partial charge in [-0.05, 0) is 42.1 Å². The van der Waals surface area contributed by atoms with Crippen LogP contribution in [0.15, 0.2) is 41.8 Å². The molecule has 1 aromatic carbocycles. The Balaban J connectivity index is 0.00000261. The Morgan fingerprint density at radius 2 is 2.00 bits per heavy atom. The Morgan fingerprint density at radius 1 is 1.26 bits per heavy atom. The zero-order valence-corrected chi connectivity index (χ0v) is 17.2. The zero-order valence-electron chi connectivity index (χ0n) is 15.6. The van der Waals surface area contributed by atoms with Crippen LogP contribution in [0.1, 0.15) is 34.6 Å². The molecular weight excluding hydrogens is 384 g/mol. The molecule has 1 fully saturated rings. The van der Waals surface area contributed by atoms with Crippen LogP contribution >= 0.6 is 23.7 Å². The summed E-state index contributed by atoms with van der Waals surface area (Å²) >= 11 is 1.73. The van der Waals surface area contributed by atoms with E-state index in [9.17, 15) is 4.79 Å². The van der Waals surface area contributed by atoms with Crippen molar-refractivity contribution in [3.8, 4) is 5.75 Å². The fraction of sp³-hybridized carbons (Fsp3) is 0.450. The Bertz CT molecular complexity index is 673. The smallest absolute Gasteiger partial charge is 0.251 e. The third kappa shape index (κ3) is 6.21. The summed E-state index contributed by atoms with van der Waals surface area (Å²) in [5, 5.41) is 5.17. The summed E-state index contributed by atoms with van der Waals surface area (Å²) in [5.41, 5.74) is 0.653. The first kappa shape index (κ1) is 21.7. The molecule has 1 atom stereocenters. The van der Waals surface area contributed by atoms with Crippen LogP contribution in [-0.2, 0) is 4.74 Å². The van der Waals surface area contributed by atoms with Crippen LogP contribution in [0.5, 0.6) is 5.75 Å². The van der Waals surface area contributed by atoms with Crippen molar-refractivity contribution >= 4 is 29.7 Å². The fourth-order valence-electron chi connectivity index (χ4n) is 2.99. The number of nitrogens with zero attached hydrogens (tertiary/aromatic N) is 1. The van der Waals surface area contributed by atoms with E-state index in [0.717, 1.165) is 38.5 Å². The van der Waals surface area contributed by atoms with Crippen molar-refractivity contribution in [3.05, 3.63) is 52.2 Å². The lowest BCUT2D eigenvalue weighted by Crippen LogP contribution is -2.43. The van der Waals surface area contributed by atoms with E-state index in [1.807, 2.05) is 24.3 Å². The second-order valence-electron chi connectivity index (χ2n) is 6.26. The second-order valence-corrected chi connectivity index (χ2v) is 7.24. The fourth-order valence-corrected chi connectivity index (χ4v) is 3.85. The quantitative estimate of drug-likeness (QED) is 0.719. The molecule has 1 amide bonds. The molecule has 7 heteroatoms. The van der Waals surface area contributed by atoms with Crippen molar-refractivity contribution in [1.82, 2.24) is 10.2 Å². The van der Waals surface area contributed by atoms with Gasteiger partial charge in [-0.2, -0.15) is 0 Å². The number of hydrogen-bond donors (Lipinski definition) is 1. The molecule has 1 unspecified atom stereocenters. The average Bonchev–Trinajstić information content (AvgIpc) is 3.22. The number of ether oxygens (including phenoxy) is 2. The van der Waals surface area contributed by atoms with Crippen molar-refractivity contribution in [1.29, 1.82) is 0 Å². The number of carbonyl (C=O) groups excluding carboxylic acids is 1. The van der Waals surface area contributed by atoms with Gasteiger partial charge in [-0.25, -0.2) is 0 Å². The number of nitrogens with one attached hydrogen (secondary N) is 1. The van der Waals surface area contributed by atoms with E-state index in [4.69, 9.17) is 9.47 Å². The van der Waals surface area contributed by atoms with Gasteiger partial charge in [0.2, 0.25) is 0 Å². The molecule has 5 nitrogen and oxygen atoms in total. The Kier molecular flexibility index (Phi) is 9.07. The molecule has 0 radical (unpaired) electrons. The van der Waals surface area contributed by atoms with Crippen molar-refractivity contribution in [2.45, 2.75) is 19.4 Å². The molecule has 0 saturated carbocycles. The highest BCUT2D eigenvalue weighted by Crippen LogP contribution is 2.25. The van der Waals surface area contributed by atoms with Gasteiger partial charge in [0.25, 0.3) is 5.91 Å². The zero-order chi connectivity index (χ0) is 18.2. The lowest BCUT2D eigenvalue weighted by Gasteiger charge is -2.34. The van der Waals surface area contributed by atoms with Crippen LogP contribution in [0.4, 0.5) is 0 Å². The number of thiophene rings is 1. The summed E-state index contributed by atoms with van der Waals surface area (Å²) in [4.78, 5) is 16.2. The Labute approximate surface area is 171 Å². The molecule has 1 saturated heterocycles. The molecule has 0 aliphatic carbocycles. The lowest BCUT2D eigenvalue weighted by molar-refractivity contribution is 0.0169. The molecule has 1 aliphatic rings. The van der Waals surface area contributed by atoms with Crippen molar-refractivity contribution in [3.63, 3.8) is 0 Å². The van der Waals surface area contributed by atoms with Gasteiger partial charge >= 0.3 is 0 Å². The molecule has 1 aliphatic heterocycles. The summed E-state index contributed by atoms with van der Waals surface area (Å²) in [6, 6.07) is 11.7. The van der Waals surface area contributed by atoms with E-state index in [1.165, 1.54) is 4.88 Å². The minimum atomic E-state index is -0.0538. The predicted octanol–water partition coefficient (Wildman–Crippen LogP) is 3.76. The van der Waals surface area contributed by atoms with E-state index in [2.05, 4.69) is 34.7 Å². The van der Waals surface area contributed by atoms with Crippen LogP contribution in [0.2, 0.25) is 0 Å². The topological polar surface area (TPSA) is 50.8 Å². The van der Waals surface area contributed by atoms with Gasteiger partial charge in [0.1, 0.15) is 5.75 Å². The Hall–Kier alpha value is -1.60. The number of halogens is 1. The van der Waals surface area contributed by atoms with Crippen molar-refractivity contribution in [2.75, 3.05) is 39.5 Å². The van der Waals surface area contributed by atoms with Crippen LogP contribution < -0.4 is 10.1 Å². The third-order valence-corrected chi connectivity index (χ3v) is 5.38. The maximum atomic E-state index is 12.5. The average molecular weight is 411 g/mol. The van der Waals surface area contributed by atoms with E-state index in [1.54, 1.807) is 11.3 Å². The van der Waals surface area contributed by atoms with Gasteiger partial charge in [-0.15, -0.1) is 23.7 Å². The minimum Gasteiger partial charge on any atom is -0.494 e. The molecule has 1 N–H and O–H groups in total. The summed E-state index contributed by atoms with van der Waals surface area (Å²) in [6.07, 6.45) is 0.966. The lowest BCUT2D eigenvalue weighted by atomic mass is 10.1. The number of hydrogen-bond acceptors (Lipinski definition) is 5. The minimum absolute atomic E-state index is 0. The van der Waals surface area contributed by atoms with Gasteiger partial charge in [0.05, 0.1) is 25.9 Å². The van der Waals surface area contributed by atoms with Crippen molar-refractivity contribution < 1.29 is 14.3 Å². The number of amides is 1. The van der Waals surface area contributed by atoms with E-state index in [-0.39, 0.29) is 24.4 Å². The van der Waals surface area contributed by atoms with Gasteiger partial charge < -0.3 is 14.8 Å². The van der Waals surface area contributed by atoms with Crippen LogP contribution in [0.25, 0.3) is 0 Å². The monoisotopic (exact) mass is 410 g/mol. The molecule has 148 valence electrons. The summed E-state index contributed by atoms with van der Waals surface area (Å²) in [6.45, 7) is 6.62. The molecular formula is C20H27ClN2O3S. The van der Waals surface area contributed by atoms with E-state index >= 15 is 0 Å². The first-order valence-corrected chi connectivity index (χ1v) is 10.0. The highest BCUT2D eigenvalue weighted by atomic mass is 35.5. The highest BCUT2D eigenvalue weighted by molar-refractivity contribution is 7.10. The normalized spacial score (nSPS) is 15.6. The first-order chi connectivity index (χ1) is 12.8. The Morgan fingerprint density at radius 3 is 2.63 bits per heavy atom. The van der Waals surface area contributed by atoms with Gasteiger partial charge in [-0.1, -0.05) is 13.0 Å². The molecule has 2 aromatic rings. The number of rotatable bonds is 8. The maximum Gasteiger partial charge on any atom is 0.251 e. The predicted molar refractivity (Wildman–Crippen MR) is 111 cm³/mol. The van der Waals surface area contributed by atoms with Crippen LogP contribution in [-0.4, -0.2) is 50.3 Å². The molecule has 0 spiro atoms. The molecule has 1 aromatic heterocycles. The number of benzene rings is 1. The number of morpholine rings is 1. The van der Waals surface area contributed by atoms with Gasteiger partial charge in [0, 0.05) is 30.1 Å². The van der Waals surface area contributed by atoms with E-state index in [0.29, 0.717) is 18.7 Å². The van der Waals surface area contributed by atoms with Gasteiger partial charge in [-0.3, -0.25) is 9.69 Å². The molecule has 3 rings (SSSR count). The standard InChI is InChI=1S/C20H26N2O3S.ClH/c1-2-11-25-17-7-5-16(6-8-17)20(23)21-15-18(19-4-3-14-26-19)22-9-12-24-13-10-22;/h3-8,14,18H,2,9-13,15H2,1H3,(H,21,23);1H. The van der Waals surface area contributed by atoms with E-state index < -0.39 is 0 Å². The second kappa shape index (κ2) is 11.3.